The molecule has 3 rings (SSSR count). The van der Waals surface area contributed by atoms with E-state index in [4.69, 9.17) is 0 Å². The standard InChI is InChI=1S/C10H15N5S/c1-6-4-3-5-11-8(6)9-14-15-7(2)12-13-10(15)16-9/h6,8,11H,3-5H2,1-2H3. The molecule has 0 saturated carbocycles. The van der Waals surface area contributed by atoms with Crippen LogP contribution in [0.2, 0.25) is 0 Å². The zero-order valence-electron chi connectivity index (χ0n) is 9.47. The Morgan fingerprint density at radius 2 is 2.31 bits per heavy atom. The van der Waals surface area contributed by atoms with E-state index in [1.165, 1.54) is 12.8 Å². The summed E-state index contributed by atoms with van der Waals surface area (Å²) in [6, 6.07) is 0.389. The zero-order chi connectivity index (χ0) is 11.1. The van der Waals surface area contributed by atoms with Gasteiger partial charge in [-0.1, -0.05) is 18.3 Å². The van der Waals surface area contributed by atoms with Crippen molar-refractivity contribution in [3.8, 4) is 0 Å². The van der Waals surface area contributed by atoms with Crippen molar-refractivity contribution in [3.63, 3.8) is 0 Å². The lowest BCUT2D eigenvalue weighted by molar-refractivity contribution is 0.303. The lowest BCUT2D eigenvalue weighted by Gasteiger charge is -2.27. The fourth-order valence-corrected chi connectivity index (χ4v) is 3.33. The van der Waals surface area contributed by atoms with Crippen molar-refractivity contribution in [1.82, 2.24) is 25.1 Å². The molecule has 5 nitrogen and oxygen atoms in total. The molecular formula is C10H15N5S. The second-order valence-electron chi connectivity index (χ2n) is 4.43. The zero-order valence-corrected chi connectivity index (χ0v) is 10.3. The van der Waals surface area contributed by atoms with E-state index in [2.05, 4.69) is 27.5 Å². The van der Waals surface area contributed by atoms with Gasteiger partial charge in [0.05, 0.1) is 6.04 Å². The van der Waals surface area contributed by atoms with Gasteiger partial charge in [-0.25, -0.2) is 0 Å². The summed E-state index contributed by atoms with van der Waals surface area (Å²) in [6.45, 7) is 5.31. The number of rotatable bonds is 1. The molecule has 0 spiro atoms. The van der Waals surface area contributed by atoms with Crippen LogP contribution in [0.1, 0.15) is 36.6 Å². The Bertz CT molecular complexity index is 502. The van der Waals surface area contributed by atoms with Crippen LogP contribution in [-0.4, -0.2) is 26.4 Å². The van der Waals surface area contributed by atoms with Gasteiger partial charge in [-0.3, -0.25) is 0 Å². The number of nitrogens with one attached hydrogen (secondary N) is 1. The third-order valence-electron chi connectivity index (χ3n) is 3.20. The van der Waals surface area contributed by atoms with E-state index in [9.17, 15) is 0 Å². The Morgan fingerprint density at radius 3 is 3.06 bits per heavy atom. The third kappa shape index (κ3) is 1.53. The molecule has 0 amide bonds. The van der Waals surface area contributed by atoms with Crippen LogP contribution in [-0.2, 0) is 0 Å². The lowest BCUT2D eigenvalue weighted by Crippen LogP contribution is -2.32. The first-order chi connectivity index (χ1) is 7.75. The molecule has 1 saturated heterocycles. The van der Waals surface area contributed by atoms with Crippen LogP contribution in [0.25, 0.3) is 4.96 Å². The molecule has 0 bridgehead atoms. The van der Waals surface area contributed by atoms with Gasteiger partial charge in [-0.2, -0.15) is 9.61 Å². The fourth-order valence-electron chi connectivity index (χ4n) is 2.24. The van der Waals surface area contributed by atoms with Crippen molar-refractivity contribution in [2.75, 3.05) is 6.54 Å². The Labute approximate surface area is 97.9 Å². The first-order valence-corrected chi connectivity index (χ1v) is 6.49. The fraction of sp³-hybridized carbons (Fsp3) is 0.700. The third-order valence-corrected chi connectivity index (χ3v) is 4.18. The minimum Gasteiger partial charge on any atom is -0.308 e. The summed E-state index contributed by atoms with van der Waals surface area (Å²) < 4.78 is 1.84. The number of hydrogen-bond acceptors (Lipinski definition) is 5. The van der Waals surface area contributed by atoms with Gasteiger partial charge in [0.1, 0.15) is 5.01 Å². The molecule has 16 heavy (non-hydrogen) atoms. The molecule has 1 aliphatic rings. The minimum absolute atomic E-state index is 0.389. The van der Waals surface area contributed by atoms with Crippen LogP contribution in [0.5, 0.6) is 0 Å². The van der Waals surface area contributed by atoms with Gasteiger partial charge in [0, 0.05) is 0 Å². The molecule has 2 unspecified atom stereocenters. The maximum Gasteiger partial charge on any atom is 0.234 e. The Morgan fingerprint density at radius 1 is 1.44 bits per heavy atom. The van der Waals surface area contributed by atoms with Crippen molar-refractivity contribution in [1.29, 1.82) is 0 Å². The molecule has 0 aliphatic carbocycles. The number of aryl methyl sites for hydroxylation is 1. The molecule has 1 aliphatic heterocycles. The largest absolute Gasteiger partial charge is 0.308 e. The average Bonchev–Trinajstić information content (AvgIpc) is 2.82. The van der Waals surface area contributed by atoms with Crippen LogP contribution < -0.4 is 5.32 Å². The topological polar surface area (TPSA) is 55.1 Å². The van der Waals surface area contributed by atoms with Crippen LogP contribution >= 0.6 is 11.3 Å². The van der Waals surface area contributed by atoms with Gasteiger partial charge in [-0.05, 0) is 32.2 Å². The molecule has 2 atom stereocenters. The first kappa shape index (κ1) is 10.2. The van der Waals surface area contributed by atoms with Gasteiger partial charge >= 0.3 is 0 Å². The van der Waals surface area contributed by atoms with E-state index in [-0.39, 0.29) is 0 Å². The number of aromatic nitrogens is 4. The second-order valence-corrected chi connectivity index (χ2v) is 5.42. The summed E-state index contributed by atoms with van der Waals surface area (Å²) in [5.74, 6) is 1.51. The Balaban J connectivity index is 1.98. The molecule has 6 heteroatoms. The van der Waals surface area contributed by atoms with Crippen LogP contribution in [0.15, 0.2) is 0 Å². The van der Waals surface area contributed by atoms with Gasteiger partial charge in [-0.15, -0.1) is 10.2 Å². The van der Waals surface area contributed by atoms with Crippen molar-refractivity contribution < 1.29 is 0 Å². The lowest BCUT2D eigenvalue weighted by atomic mass is 9.93. The van der Waals surface area contributed by atoms with Gasteiger partial charge < -0.3 is 5.32 Å². The van der Waals surface area contributed by atoms with E-state index in [0.717, 1.165) is 22.3 Å². The predicted octanol–water partition coefficient (Wildman–Crippen LogP) is 1.55. The summed E-state index contributed by atoms with van der Waals surface area (Å²) in [6.07, 6.45) is 2.54. The molecule has 0 radical (unpaired) electrons. The number of hydrogen-bond donors (Lipinski definition) is 1. The van der Waals surface area contributed by atoms with Crippen molar-refractivity contribution >= 4 is 16.3 Å². The Hall–Kier alpha value is -1.01. The molecule has 0 aromatic carbocycles. The van der Waals surface area contributed by atoms with Crippen LogP contribution in [0.3, 0.4) is 0 Å². The summed E-state index contributed by atoms with van der Waals surface area (Å²) >= 11 is 1.64. The maximum absolute atomic E-state index is 4.59. The summed E-state index contributed by atoms with van der Waals surface area (Å²) in [5.41, 5.74) is 0. The Kier molecular flexibility index (Phi) is 2.40. The molecule has 1 fully saturated rings. The molecule has 1 N–H and O–H groups in total. The SMILES string of the molecule is Cc1nnc2sc(C3NCCCC3C)nn12. The minimum atomic E-state index is 0.389. The molecule has 2 aromatic rings. The van der Waals surface area contributed by atoms with E-state index in [0.29, 0.717) is 12.0 Å². The first-order valence-electron chi connectivity index (χ1n) is 5.68. The highest BCUT2D eigenvalue weighted by molar-refractivity contribution is 7.16. The normalized spacial score (nSPS) is 26.4. The van der Waals surface area contributed by atoms with Crippen LogP contribution in [0.4, 0.5) is 0 Å². The highest BCUT2D eigenvalue weighted by Crippen LogP contribution is 2.31. The van der Waals surface area contributed by atoms with Gasteiger partial charge in [0.15, 0.2) is 5.82 Å². The molecule has 3 heterocycles. The average molecular weight is 237 g/mol. The van der Waals surface area contributed by atoms with E-state index < -0.39 is 0 Å². The summed E-state index contributed by atoms with van der Waals surface area (Å²) in [7, 11) is 0. The monoisotopic (exact) mass is 237 g/mol. The van der Waals surface area contributed by atoms with Crippen LogP contribution in [0, 0.1) is 12.8 Å². The molecular weight excluding hydrogens is 222 g/mol. The van der Waals surface area contributed by atoms with Crippen molar-refractivity contribution in [2.24, 2.45) is 5.92 Å². The summed E-state index contributed by atoms with van der Waals surface area (Å²) in [4.78, 5) is 0.895. The maximum atomic E-state index is 4.59. The van der Waals surface area contributed by atoms with Crippen molar-refractivity contribution in [3.05, 3.63) is 10.8 Å². The molecule has 86 valence electrons. The predicted molar refractivity (Wildman–Crippen MR) is 62.5 cm³/mol. The smallest absolute Gasteiger partial charge is 0.234 e. The van der Waals surface area contributed by atoms with E-state index in [1.807, 2.05) is 11.4 Å². The summed E-state index contributed by atoms with van der Waals surface area (Å²) in [5, 5.41) is 17.4. The number of piperidine rings is 1. The second kappa shape index (κ2) is 3.78. The van der Waals surface area contributed by atoms with Gasteiger partial charge in [0.2, 0.25) is 4.96 Å². The van der Waals surface area contributed by atoms with Crippen molar-refractivity contribution in [2.45, 2.75) is 32.7 Å². The quantitative estimate of drug-likeness (QED) is 0.817. The highest BCUT2D eigenvalue weighted by atomic mass is 32.1. The molecule has 2 aromatic heterocycles. The number of nitrogens with zero attached hydrogens (tertiary/aromatic N) is 4. The van der Waals surface area contributed by atoms with Gasteiger partial charge in [0.25, 0.3) is 0 Å². The highest BCUT2D eigenvalue weighted by Gasteiger charge is 2.26. The number of fused-ring (bicyclic) bond motifs is 1. The van der Waals surface area contributed by atoms with E-state index in [1.54, 1.807) is 11.3 Å². The van der Waals surface area contributed by atoms with E-state index >= 15 is 0 Å².